The predicted molar refractivity (Wildman–Crippen MR) is 251 cm³/mol. The summed E-state index contributed by atoms with van der Waals surface area (Å²) in [6.45, 7) is 7.00. The number of rotatable bonds is 21. The standard InChI is InChI=1S/C49H43Cl2N13O4/c1-31-38(29-67-48-16-46(65-27-35-12-33(18-52)20-54-22-35)37(14-44(48)50)8-5-11-64-62-60-61-63-64)6-3-9-42(31)43-10-4-7-39(32(43)2)30-68-49-17-47(66-28-36-13-34(19-53)21-55-23-36)40(15-45(49)51)24-56-25-41-26-57-59-58-41/h3-4,6-7,9-10,12-17,20-23,56H,5,8,11,24-30H2,1-2H3/p+1. The number of ether oxygens (including phenoxy) is 4. The third-order valence-corrected chi connectivity index (χ3v) is 11.7. The van der Waals surface area contributed by atoms with Crippen molar-refractivity contribution in [3.05, 3.63) is 163 Å². The number of aromatic amines is 1. The van der Waals surface area contributed by atoms with Crippen molar-refractivity contribution in [2.45, 2.75) is 66.2 Å². The molecule has 0 spiro atoms. The zero-order valence-corrected chi connectivity index (χ0v) is 38.6. The summed E-state index contributed by atoms with van der Waals surface area (Å²) in [5.41, 5.74) is 11.1. The highest BCUT2D eigenvalue weighted by atomic mass is 35.5. The second-order valence-electron chi connectivity index (χ2n) is 15.8. The Balaban J connectivity index is 0.971. The molecule has 8 rings (SSSR count). The molecule has 0 fully saturated rings. The van der Waals surface area contributed by atoms with E-state index < -0.39 is 0 Å². The van der Waals surface area contributed by atoms with Crippen molar-refractivity contribution in [2.24, 2.45) is 15.4 Å². The van der Waals surface area contributed by atoms with E-state index in [1.807, 2.05) is 42.5 Å². The van der Waals surface area contributed by atoms with Gasteiger partial charge in [-0.05, 0) is 95.1 Å². The maximum absolute atomic E-state index is 9.38. The third-order valence-electron chi connectivity index (χ3n) is 11.1. The molecule has 2 N–H and O–H groups in total. The molecular weight excluding hydrogens is 906 g/mol. The first-order valence-electron chi connectivity index (χ1n) is 21.5. The fourth-order valence-corrected chi connectivity index (χ4v) is 7.96. The maximum atomic E-state index is 9.38. The molecule has 0 atom stereocenters. The Kier molecular flexibility index (Phi) is 15.5. The molecule has 68 heavy (non-hydrogen) atoms. The van der Waals surface area contributed by atoms with Crippen molar-refractivity contribution < 1.29 is 23.7 Å². The summed E-state index contributed by atoms with van der Waals surface area (Å²) < 4.78 is 25.5. The van der Waals surface area contributed by atoms with Crippen LogP contribution in [0.5, 0.6) is 23.0 Å². The lowest BCUT2D eigenvalue weighted by atomic mass is 9.92. The van der Waals surface area contributed by atoms with Crippen LogP contribution in [0.15, 0.2) is 113 Å². The van der Waals surface area contributed by atoms with Crippen molar-refractivity contribution in [3.63, 3.8) is 0 Å². The maximum Gasteiger partial charge on any atom is 0.231 e. The van der Waals surface area contributed by atoms with Gasteiger partial charge in [-0.1, -0.05) is 69.6 Å². The SMILES string of the molecule is Cc1c(COc2cc(OCc3cncc(C#N)c3)c(CCC[n+]3nnn[nH]3)cc2Cl)cccc1-c1cccc(COc2cc(OCc3cncc(C#N)c3)c(CNCC3=NN=NC3)cc2Cl)c1C. The summed E-state index contributed by atoms with van der Waals surface area (Å²) >= 11 is 13.7. The van der Waals surface area contributed by atoms with Crippen molar-refractivity contribution in [1.82, 2.24) is 36.1 Å². The Labute approximate surface area is 402 Å². The molecule has 0 saturated carbocycles. The van der Waals surface area contributed by atoms with E-state index in [1.165, 1.54) is 12.4 Å². The number of nitrogens with one attached hydrogen (secondary N) is 2. The van der Waals surface area contributed by atoms with Crippen LogP contribution in [0.1, 0.15) is 62.1 Å². The second-order valence-corrected chi connectivity index (χ2v) is 16.6. The molecule has 342 valence electrons. The lowest BCUT2D eigenvalue weighted by Gasteiger charge is -2.19. The molecule has 3 aromatic heterocycles. The quantitative estimate of drug-likeness (QED) is 0.0649. The summed E-state index contributed by atoms with van der Waals surface area (Å²) in [4.78, 5) is 9.89. The summed E-state index contributed by atoms with van der Waals surface area (Å²) in [6, 6.07) is 27.3. The topological polar surface area (TPSA) is 218 Å². The summed E-state index contributed by atoms with van der Waals surface area (Å²) in [5, 5.41) is 48.5. The van der Waals surface area contributed by atoms with Gasteiger partial charge in [0.25, 0.3) is 0 Å². The smallest absolute Gasteiger partial charge is 0.231 e. The zero-order chi connectivity index (χ0) is 47.2. The third kappa shape index (κ3) is 11.9. The molecule has 1 aliphatic rings. The van der Waals surface area contributed by atoms with E-state index in [0.717, 1.165) is 61.3 Å². The van der Waals surface area contributed by atoms with Crippen LogP contribution in [0.3, 0.4) is 0 Å². The number of nitrogens with zero attached hydrogens (tertiary/aromatic N) is 11. The number of aryl methyl sites for hydroxylation is 2. The normalized spacial score (nSPS) is 11.8. The molecule has 0 bridgehead atoms. The summed E-state index contributed by atoms with van der Waals surface area (Å²) in [7, 11) is 0. The van der Waals surface area contributed by atoms with E-state index in [2.05, 4.69) is 89.7 Å². The van der Waals surface area contributed by atoms with Crippen LogP contribution in [0, 0.1) is 36.5 Å². The summed E-state index contributed by atoms with van der Waals surface area (Å²) in [6.07, 6.45) is 7.69. The van der Waals surface area contributed by atoms with Crippen molar-refractivity contribution >= 4 is 28.9 Å². The van der Waals surface area contributed by atoms with Crippen molar-refractivity contribution in [3.8, 4) is 46.3 Å². The van der Waals surface area contributed by atoms with E-state index in [-0.39, 0.29) is 26.4 Å². The molecule has 0 unspecified atom stereocenters. The highest BCUT2D eigenvalue weighted by Gasteiger charge is 2.18. The first-order valence-corrected chi connectivity index (χ1v) is 22.3. The fraction of sp³-hybridized carbons (Fsp3) is 0.245. The van der Waals surface area contributed by atoms with Gasteiger partial charge in [0, 0.05) is 66.7 Å². The molecule has 17 nitrogen and oxygen atoms in total. The van der Waals surface area contributed by atoms with Gasteiger partial charge in [-0.15, -0.1) is 5.10 Å². The molecular formula is C49H44Cl2N13O4+. The Morgan fingerprint density at radius 2 is 1.25 bits per heavy atom. The number of nitriles is 2. The van der Waals surface area contributed by atoms with Gasteiger partial charge in [0.2, 0.25) is 10.4 Å². The molecule has 1 aliphatic heterocycles. The first kappa shape index (κ1) is 46.7. The molecule has 0 aliphatic carbocycles. The molecule has 4 aromatic carbocycles. The van der Waals surface area contributed by atoms with E-state index in [1.54, 1.807) is 35.4 Å². The average molecular weight is 950 g/mol. The fourth-order valence-electron chi connectivity index (χ4n) is 7.47. The lowest BCUT2D eigenvalue weighted by Crippen LogP contribution is -2.39. The number of hydrogen-bond donors (Lipinski definition) is 2. The number of H-pyrrole nitrogens is 1. The molecule has 4 heterocycles. The van der Waals surface area contributed by atoms with Crippen molar-refractivity contribution in [1.29, 1.82) is 10.5 Å². The van der Waals surface area contributed by atoms with Crippen LogP contribution in [-0.4, -0.2) is 49.6 Å². The molecule has 0 radical (unpaired) electrons. The van der Waals surface area contributed by atoms with Crippen LogP contribution in [0.4, 0.5) is 0 Å². The van der Waals surface area contributed by atoms with Gasteiger partial charge in [-0.2, -0.15) is 15.6 Å². The minimum absolute atomic E-state index is 0.183. The molecule has 7 aromatic rings. The predicted octanol–water partition coefficient (Wildman–Crippen LogP) is 8.47. The number of aromatic nitrogens is 7. The van der Waals surface area contributed by atoms with Gasteiger partial charge < -0.3 is 24.3 Å². The van der Waals surface area contributed by atoms with Crippen molar-refractivity contribution in [2.75, 3.05) is 13.1 Å². The molecule has 0 amide bonds. The van der Waals surface area contributed by atoms with Crippen LogP contribution in [0.2, 0.25) is 10.0 Å². The van der Waals surface area contributed by atoms with Gasteiger partial charge in [-0.3, -0.25) is 9.97 Å². The number of halogens is 2. The van der Waals surface area contributed by atoms with Gasteiger partial charge in [-0.25, -0.2) is 0 Å². The minimum atomic E-state index is 0.183. The Morgan fingerprint density at radius 3 is 1.79 bits per heavy atom. The van der Waals surface area contributed by atoms with Crippen LogP contribution < -0.4 is 29.1 Å². The lowest BCUT2D eigenvalue weighted by molar-refractivity contribution is -0.807. The zero-order valence-electron chi connectivity index (χ0n) is 37.1. The molecule has 19 heteroatoms. The van der Waals surface area contributed by atoms with E-state index in [4.69, 9.17) is 42.1 Å². The average Bonchev–Trinajstić information content (AvgIpc) is 4.09. The number of benzene rings is 4. The van der Waals surface area contributed by atoms with E-state index in [0.29, 0.717) is 83.2 Å². The molecule has 0 saturated heterocycles. The Bertz CT molecular complexity index is 3060. The minimum Gasteiger partial charge on any atom is -0.488 e. The van der Waals surface area contributed by atoms with Gasteiger partial charge in [0.1, 0.15) is 79.9 Å². The monoisotopic (exact) mass is 948 g/mol. The number of hydrogen-bond acceptors (Lipinski definition) is 15. The van der Waals surface area contributed by atoms with Gasteiger partial charge in [0.05, 0.1) is 26.9 Å². The van der Waals surface area contributed by atoms with E-state index in [9.17, 15) is 10.5 Å². The highest BCUT2D eigenvalue weighted by molar-refractivity contribution is 6.32. The second kappa shape index (κ2) is 22.6. The summed E-state index contributed by atoms with van der Waals surface area (Å²) in [5.74, 6) is 2.10. The Hall–Kier alpha value is -7.83. The Morgan fingerprint density at radius 1 is 0.676 bits per heavy atom. The highest BCUT2D eigenvalue weighted by Crippen LogP contribution is 2.38. The van der Waals surface area contributed by atoms with Crippen LogP contribution in [0.25, 0.3) is 11.1 Å². The van der Waals surface area contributed by atoms with Gasteiger partial charge >= 0.3 is 0 Å². The van der Waals surface area contributed by atoms with Crippen LogP contribution >= 0.6 is 23.2 Å². The van der Waals surface area contributed by atoms with E-state index >= 15 is 0 Å². The first-order chi connectivity index (χ1) is 33.2. The number of pyridine rings is 2. The largest absolute Gasteiger partial charge is 0.488 e. The van der Waals surface area contributed by atoms with Gasteiger partial charge in [0.15, 0.2) is 0 Å². The van der Waals surface area contributed by atoms with Crippen LogP contribution in [-0.2, 0) is 45.9 Å².